The maximum Gasteiger partial charge on any atom is 0.276 e. The van der Waals surface area contributed by atoms with Gasteiger partial charge in [-0.05, 0) is 43.9 Å². The Morgan fingerprint density at radius 1 is 1.36 bits per heavy atom. The highest BCUT2D eigenvalue weighted by molar-refractivity contribution is 5.92. The lowest BCUT2D eigenvalue weighted by atomic mass is 10.2. The van der Waals surface area contributed by atoms with Crippen molar-refractivity contribution < 1.29 is 13.7 Å². The molecule has 0 saturated heterocycles. The first-order valence-corrected chi connectivity index (χ1v) is 8.40. The second-order valence-electron chi connectivity index (χ2n) is 6.41. The monoisotopic (exact) mass is 340 g/mol. The SMILES string of the molecule is Cc1cc(C(=O)N(Cc2ccco2)Cc2nn(C)c3c2CCC3)no1. The van der Waals surface area contributed by atoms with Gasteiger partial charge in [-0.1, -0.05) is 5.16 Å². The highest BCUT2D eigenvalue weighted by Gasteiger charge is 2.26. The molecule has 1 aliphatic carbocycles. The molecule has 0 N–H and O–H groups in total. The van der Waals surface area contributed by atoms with Crippen molar-refractivity contribution in [3.63, 3.8) is 0 Å². The highest BCUT2D eigenvalue weighted by atomic mass is 16.5. The van der Waals surface area contributed by atoms with Gasteiger partial charge in [0.15, 0.2) is 5.69 Å². The molecule has 0 saturated carbocycles. The van der Waals surface area contributed by atoms with Gasteiger partial charge in [-0.2, -0.15) is 5.10 Å². The molecule has 3 aromatic rings. The fourth-order valence-electron chi connectivity index (χ4n) is 3.42. The second kappa shape index (κ2) is 6.23. The third kappa shape index (κ3) is 2.97. The van der Waals surface area contributed by atoms with Crippen LogP contribution < -0.4 is 0 Å². The Balaban J connectivity index is 1.63. The van der Waals surface area contributed by atoms with Crippen LogP contribution in [0.2, 0.25) is 0 Å². The Bertz CT molecular complexity index is 892. The van der Waals surface area contributed by atoms with Crippen LogP contribution in [-0.4, -0.2) is 25.7 Å². The van der Waals surface area contributed by atoms with E-state index in [1.807, 2.05) is 23.9 Å². The summed E-state index contributed by atoms with van der Waals surface area (Å²) in [5, 5.41) is 8.49. The number of furan rings is 1. The van der Waals surface area contributed by atoms with Gasteiger partial charge in [0.25, 0.3) is 5.91 Å². The van der Waals surface area contributed by atoms with Crippen molar-refractivity contribution in [1.29, 1.82) is 0 Å². The molecule has 1 aliphatic rings. The van der Waals surface area contributed by atoms with Crippen LogP contribution in [0.5, 0.6) is 0 Å². The Morgan fingerprint density at radius 3 is 2.96 bits per heavy atom. The molecule has 25 heavy (non-hydrogen) atoms. The Hall–Kier alpha value is -2.83. The van der Waals surface area contributed by atoms with Gasteiger partial charge in [-0.15, -0.1) is 0 Å². The van der Waals surface area contributed by atoms with Crippen LogP contribution in [0, 0.1) is 6.92 Å². The normalized spacial score (nSPS) is 13.2. The van der Waals surface area contributed by atoms with Gasteiger partial charge in [0.1, 0.15) is 11.5 Å². The first kappa shape index (κ1) is 15.7. The number of fused-ring (bicyclic) bond motifs is 1. The Kier molecular flexibility index (Phi) is 3.91. The Labute approximate surface area is 145 Å². The van der Waals surface area contributed by atoms with Crippen molar-refractivity contribution in [2.75, 3.05) is 0 Å². The molecule has 3 heterocycles. The van der Waals surface area contributed by atoms with Crippen molar-refractivity contribution in [2.24, 2.45) is 7.05 Å². The molecule has 0 aliphatic heterocycles. The van der Waals surface area contributed by atoms with Gasteiger partial charge in [0.2, 0.25) is 0 Å². The van der Waals surface area contributed by atoms with E-state index < -0.39 is 0 Å². The summed E-state index contributed by atoms with van der Waals surface area (Å²) in [4.78, 5) is 14.6. The molecule has 130 valence electrons. The van der Waals surface area contributed by atoms with Gasteiger partial charge in [0.05, 0.1) is 25.0 Å². The zero-order chi connectivity index (χ0) is 17.4. The zero-order valence-electron chi connectivity index (χ0n) is 14.4. The zero-order valence-corrected chi connectivity index (χ0v) is 14.4. The molecule has 0 aromatic carbocycles. The summed E-state index contributed by atoms with van der Waals surface area (Å²) >= 11 is 0. The summed E-state index contributed by atoms with van der Waals surface area (Å²) in [5.74, 6) is 1.15. The average molecular weight is 340 g/mol. The summed E-state index contributed by atoms with van der Waals surface area (Å²) in [6.45, 7) is 2.56. The topological polar surface area (TPSA) is 77.3 Å². The number of amides is 1. The van der Waals surface area contributed by atoms with Crippen LogP contribution in [0.15, 0.2) is 33.4 Å². The number of carbonyl (C=O) groups is 1. The lowest BCUT2D eigenvalue weighted by molar-refractivity contribution is 0.0704. The Morgan fingerprint density at radius 2 is 2.24 bits per heavy atom. The summed E-state index contributed by atoms with van der Waals surface area (Å²) < 4.78 is 12.4. The highest BCUT2D eigenvalue weighted by Crippen LogP contribution is 2.26. The summed E-state index contributed by atoms with van der Waals surface area (Å²) in [7, 11) is 1.97. The molecule has 0 unspecified atom stereocenters. The lowest BCUT2D eigenvalue weighted by Crippen LogP contribution is -2.30. The summed E-state index contributed by atoms with van der Waals surface area (Å²) in [6.07, 6.45) is 4.82. The average Bonchev–Trinajstić information content (AvgIpc) is 3.35. The van der Waals surface area contributed by atoms with Crippen molar-refractivity contribution in [3.05, 3.63) is 58.6 Å². The quantitative estimate of drug-likeness (QED) is 0.713. The van der Waals surface area contributed by atoms with Crippen LogP contribution in [0.25, 0.3) is 0 Å². The molecule has 1 amide bonds. The van der Waals surface area contributed by atoms with Crippen molar-refractivity contribution in [1.82, 2.24) is 19.8 Å². The molecular formula is C18H20N4O3. The van der Waals surface area contributed by atoms with E-state index >= 15 is 0 Å². The van der Waals surface area contributed by atoms with Crippen molar-refractivity contribution >= 4 is 5.91 Å². The van der Waals surface area contributed by atoms with Gasteiger partial charge in [-0.25, -0.2) is 0 Å². The van der Waals surface area contributed by atoms with E-state index in [-0.39, 0.29) is 5.91 Å². The minimum absolute atomic E-state index is 0.189. The van der Waals surface area contributed by atoms with E-state index in [1.54, 1.807) is 24.2 Å². The number of hydrogen-bond donors (Lipinski definition) is 0. The number of hydrogen-bond acceptors (Lipinski definition) is 5. The lowest BCUT2D eigenvalue weighted by Gasteiger charge is -2.20. The van der Waals surface area contributed by atoms with Gasteiger partial charge >= 0.3 is 0 Å². The number of nitrogens with zero attached hydrogens (tertiary/aromatic N) is 4. The van der Waals surface area contributed by atoms with E-state index in [1.165, 1.54) is 11.3 Å². The predicted octanol–water partition coefficient (Wildman–Crippen LogP) is 2.64. The third-order valence-electron chi connectivity index (χ3n) is 4.60. The molecule has 7 heteroatoms. The second-order valence-corrected chi connectivity index (χ2v) is 6.41. The van der Waals surface area contributed by atoms with E-state index in [0.717, 1.165) is 30.7 Å². The molecule has 4 rings (SSSR count). The fraction of sp³-hybridized carbons (Fsp3) is 0.389. The predicted molar refractivity (Wildman–Crippen MR) is 88.8 cm³/mol. The summed E-state index contributed by atoms with van der Waals surface area (Å²) in [6, 6.07) is 5.33. The minimum atomic E-state index is -0.189. The molecule has 0 radical (unpaired) electrons. The maximum atomic E-state index is 12.9. The van der Waals surface area contributed by atoms with E-state index in [0.29, 0.717) is 24.5 Å². The minimum Gasteiger partial charge on any atom is -0.467 e. The molecule has 0 bridgehead atoms. The van der Waals surface area contributed by atoms with Crippen LogP contribution >= 0.6 is 0 Å². The maximum absolute atomic E-state index is 12.9. The molecule has 0 spiro atoms. The first-order chi connectivity index (χ1) is 12.1. The van der Waals surface area contributed by atoms with Crippen LogP contribution in [0.4, 0.5) is 0 Å². The fourth-order valence-corrected chi connectivity index (χ4v) is 3.42. The molecular weight excluding hydrogens is 320 g/mol. The smallest absolute Gasteiger partial charge is 0.276 e. The van der Waals surface area contributed by atoms with E-state index in [4.69, 9.17) is 8.94 Å². The molecule has 0 atom stereocenters. The number of aromatic nitrogens is 3. The van der Waals surface area contributed by atoms with E-state index in [2.05, 4.69) is 10.3 Å². The van der Waals surface area contributed by atoms with Gasteiger partial charge in [0, 0.05) is 18.8 Å². The molecule has 3 aromatic heterocycles. The molecule has 0 fully saturated rings. The summed E-state index contributed by atoms with van der Waals surface area (Å²) in [5.41, 5.74) is 3.81. The van der Waals surface area contributed by atoms with Crippen LogP contribution in [0.1, 0.15) is 45.4 Å². The third-order valence-corrected chi connectivity index (χ3v) is 4.60. The number of rotatable bonds is 5. The molecule has 7 nitrogen and oxygen atoms in total. The number of aryl methyl sites for hydroxylation is 2. The largest absolute Gasteiger partial charge is 0.467 e. The van der Waals surface area contributed by atoms with Crippen molar-refractivity contribution in [2.45, 2.75) is 39.3 Å². The van der Waals surface area contributed by atoms with Gasteiger partial charge < -0.3 is 13.8 Å². The first-order valence-electron chi connectivity index (χ1n) is 8.40. The van der Waals surface area contributed by atoms with Crippen LogP contribution in [0.3, 0.4) is 0 Å². The van der Waals surface area contributed by atoms with Crippen LogP contribution in [-0.2, 0) is 33.0 Å². The number of carbonyl (C=O) groups excluding carboxylic acids is 1. The van der Waals surface area contributed by atoms with Gasteiger partial charge in [-0.3, -0.25) is 9.48 Å². The van der Waals surface area contributed by atoms with Crippen molar-refractivity contribution in [3.8, 4) is 0 Å². The standard InChI is InChI=1S/C18H20N4O3/c1-12-9-15(20-25-12)18(23)22(10-13-5-4-8-24-13)11-16-14-6-3-7-17(14)21(2)19-16/h4-5,8-9H,3,6-7,10-11H2,1-2H3. The van der Waals surface area contributed by atoms with E-state index in [9.17, 15) is 4.79 Å².